The predicted molar refractivity (Wildman–Crippen MR) is 75.2 cm³/mol. The van der Waals surface area contributed by atoms with E-state index < -0.39 is 5.79 Å². The van der Waals surface area contributed by atoms with E-state index in [-0.39, 0.29) is 6.10 Å². The van der Waals surface area contributed by atoms with Crippen LogP contribution in [0.4, 0.5) is 0 Å². The monoisotopic (exact) mass is 274 g/mol. The van der Waals surface area contributed by atoms with Gasteiger partial charge in [0.2, 0.25) is 5.79 Å². The van der Waals surface area contributed by atoms with Crippen molar-refractivity contribution in [3.05, 3.63) is 71.8 Å². The van der Waals surface area contributed by atoms with Gasteiger partial charge in [-0.1, -0.05) is 60.7 Å². The third kappa shape index (κ3) is 2.27. The molecule has 1 aliphatic heterocycles. The van der Waals surface area contributed by atoms with E-state index in [9.17, 15) is 0 Å². The van der Waals surface area contributed by atoms with E-state index >= 15 is 0 Å². The average molecular weight is 275 g/mol. The van der Waals surface area contributed by atoms with Crippen molar-refractivity contribution in [2.24, 2.45) is 0 Å². The molecule has 0 radical (unpaired) electrons. The Bertz CT molecular complexity index is 487. The summed E-state index contributed by atoms with van der Waals surface area (Å²) in [5.74, 6) is -0.399. The zero-order valence-electron chi connectivity index (χ0n) is 10.5. The smallest absolute Gasteiger partial charge is 0.222 e. The van der Waals surface area contributed by atoms with Crippen molar-refractivity contribution in [2.45, 2.75) is 11.9 Å². The molecule has 1 saturated heterocycles. The zero-order valence-corrected chi connectivity index (χ0v) is 11.2. The summed E-state index contributed by atoms with van der Waals surface area (Å²) >= 11 is 5.91. The Labute approximate surface area is 117 Å². The number of halogens is 1. The number of rotatable bonds is 3. The molecule has 2 aromatic rings. The van der Waals surface area contributed by atoms with Crippen LogP contribution in [0, 0.1) is 0 Å². The predicted octanol–water partition coefficient (Wildman–Crippen LogP) is 3.54. The van der Waals surface area contributed by atoms with Gasteiger partial charge in [0.15, 0.2) is 0 Å². The molecule has 3 rings (SSSR count). The largest absolute Gasteiger partial charge is 0.339 e. The van der Waals surface area contributed by atoms with Crippen LogP contribution in [0.15, 0.2) is 60.7 Å². The molecule has 0 N–H and O–H groups in total. The van der Waals surface area contributed by atoms with Crippen LogP contribution in [0.1, 0.15) is 11.1 Å². The Balaban J connectivity index is 2.07. The molecule has 0 spiro atoms. The fraction of sp³-hybridized carbons (Fsp3) is 0.250. The third-order valence-corrected chi connectivity index (χ3v) is 3.63. The van der Waals surface area contributed by atoms with Crippen molar-refractivity contribution in [1.29, 1.82) is 0 Å². The summed E-state index contributed by atoms with van der Waals surface area (Å²) in [7, 11) is 0. The fourth-order valence-electron chi connectivity index (χ4n) is 2.37. The van der Waals surface area contributed by atoms with Crippen molar-refractivity contribution in [2.75, 3.05) is 12.5 Å². The lowest BCUT2D eigenvalue weighted by atomic mass is 9.97. The van der Waals surface area contributed by atoms with E-state index in [4.69, 9.17) is 21.1 Å². The van der Waals surface area contributed by atoms with Gasteiger partial charge in [0.05, 0.1) is 18.6 Å². The highest BCUT2D eigenvalue weighted by Gasteiger charge is 2.44. The van der Waals surface area contributed by atoms with Gasteiger partial charge in [0.1, 0.15) is 0 Å². The van der Waals surface area contributed by atoms with Gasteiger partial charge in [-0.25, -0.2) is 0 Å². The van der Waals surface area contributed by atoms with E-state index in [0.717, 1.165) is 11.1 Å². The second-order valence-corrected chi connectivity index (χ2v) is 4.86. The second-order valence-electron chi connectivity index (χ2n) is 4.55. The van der Waals surface area contributed by atoms with E-state index in [1.54, 1.807) is 0 Å². The Morgan fingerprint density at radius 1 is 0.947 bits per heavy atom. The van der Waals surface area contributed by atoms with Gasteiger partial charge in [0.25, 0.3) is 0 Å². The highest BCUT2D eigenvalue weighted by Crippen LogP contribution is 2.40. The van der Waals surface area contributed by atoms with Crippen LogP contribution in [-0.2, 0) is 15.3 Å². The van der Waals surface area contributed by atoms with Gasteiger partial charge in [-0.2, -0.15) is 0 Å². The summed E-state index contributed by atoms with van der Waals surface area (Å²) in [5, 5.41) is 0. The van der Waals surface area contributed by atoms with Gasteiger partial charge >= 0.3 is 0 Å². The zero-order chi connectivity index (χ0) is 13.1. The van der Waals surface area contributed by atoms with Crippen molar-refractivity contribution in [3.8, 4) is 0 Å². The maximum atomic E-state index is 6.12. The van der Waals surface area contributed by atoms with Crippen molar-refractivity contribution >= 4 is 11.6 Å². The Morgan fingerprint density at radius 3 is 1.89 bits per heavy atom. The minimum Gasteiger partial charge on any atom is -0.339 e. The van der Waals surface area contributed by atoms with Crippen LogP contribution >= 0.6 is 11.6 Å². The third-order valence-electron chi connectivity index (χ3n) is 3.28. The molecule has 0 bridgehead atoms. The topological polar surface area (TPSA) is 18.5 Å². The average Bonchev–Trinajstić information content (AvgIpc) is 2.95. The minimum absolute atomic E-state index is 0.0814. The molecule has 0 aromatic heterocycles. The van der Waals surface area contributed by atoms with Crippen LogP contribution in [0.3, 0.4) is 0 Å². The van der Waals surface area contributed by atoms with Gasteiger partial charge in [-0.05, 0) is 0 Å². The van der Waals surface area contributed by atoms with Gasteiger partial charge in [-0.3, -0.25) is 0 Å². The van der Waals surface area contributed by atoms with Crippen molar-refractivity contribution < 1.29 is 9.47 Å². The van der Waals surface area contributed by atoms with E-state index in [1.165, 1.54) is 0 Å². The normalized spacial score (nSPS) is 21.4. The molecule has 19 heavy (non-hydrogen) atoms. The highest BCUT2D eigenvalue weighted by molar-refractivity contribution is 6.18. The van der Waals surface area contributed by atoms with Crippen molar-refractivity contribution in [1.82, 2.24) is 0 Å². The number of hydrogen-bond acceptors (Lipinski definition) is 2. The first-order chi connectivity index (χ1) is 9.35. The molecule has 1 atom stereocenters. The Hall–Kier alpha value is -1.35. The first kappa shape index (κ1) is 12.7. The SMILES string of the molecule is ClCC1COC(c2ccccc2)(c2ccccc2)O1. The molecule has 2 aromatic carbocycles. The number of hydrogen-bond donors (Lipinski definition) is 0. The molecule has 3 heteroatoms. The molecule has 0 saturated carbocycles. The number of benzene rings is 2. The molecule has 0 aliphatic carbocycles. The summed E-state index contributed by atoms with van der Waals surface area (Å²) in [6, 6.07) is 20.0. The lowest BCUT2D eigenvalue weighted by Crippen LogP contribution is -2.29. The summed E-state index contributed by atoms with van der Waals surface area (Å²) in [6.45, 7) is 0.507. The van der Waals surface area contributed by atoms with Crippen LogP contribution in [0.25, 0.3) is 0 Å². The maximum Gasteiger partial charge on any atom is 0.222 e. The standard InChI is InChI=1S/C16H15ClO2/c17-11-15-12-18-16(19-15,13-7-3-1-4-8-13)14-9-5-2-6-10-14/h1-10,15H,11-12H2. The lowest BCUT2D eigenvalue weighted by Gasteiger charge is -2.29. The highest BCUT2D eigenvalue weighted by atomic mass is 35.5. The van der Waals surface area contributed by atoms with Crippen LogP contribution in [0.2, 0.25) is 0 Å². The first-order valence-electron chi connectivity index (χ1n) is 6.34. The second kappa shape index (κ2) is 5.33. The van der Waals surface area contributed by atoms with Gasteiger partial charge in [-0.15, -0.1) is 11.6 Å². The maximum absolute atomic E-state index is 6.12. The molecule has 0 amide bonds. The molecule has 1 heterocycles. The Kier molecular flexibility index (Phi) is 3.56. The molecular weight excluding hydrogens is 260 g/mol. The molecule has 2 nitrogen and oxygen atoms in total. The first-order valence-corrected chi connectivity index (χ1v) is 6.87. The van der Waals surface area contributed by atoms with E-state index in [2.05, 4.69) is 0 Å². The lowest BCUT2D eigenvalue weighted by molar-refractivity contribution is -0.140. The minimum atomic E-state index is -0.831. The number of ether oxygens (including phenoxy) is 2. The fourth-order valence-corrected chi connectivity index (χ4v) is 2.53. The van der Waals surface area contributed by atoms with E-state index in [1.807, 2.05) is 60.7 Å². The summed E-state index contributed by atoms with van der Waals surface area (Å²) in [4.78, 5) is 0. The van der Waals surface area contributed by atoms with Gasteiger partial charge < -0.3 is 9.47 Å². The van der Waals surface area contributed by atoms with Crippen molar-refractivity contribution in [3.63, 3.8) is 0 Å². The molecule has 1 fully saturated rings. The molecule has 98 valence electrons. The van der Waals surface area contributed by atoms with Crippen LogP contribution < -0.4 is 0 Å². The molecule has 1 aliphatic rings. The molecular formula is C16H15ClO2. The van der Waals surface area contributed by atoms with Crippen LogP contribution in [0.5, 0.6) is 0 Å². The number of alkyl halides is 1. The molecule has 1 unspecified atom stereocenters. The summed E-state index contributed by atoms with van der Waals surface area (Å²) in [6.07, 6.45) is -0.0814. The summed E-state index contributed by atoms with van der Waals surface area (Å²) in [5.41, 5.74) is 1.99. The quantitative estimate of drug-likeness (QED) is 0.797. The van der Waals surface area contributed by atoms with Gasteiger partial charge in [0, 0.05) is 11.1 Å². The Morgan fingerprint density at radius 2 is 1.47 bits per heavy atom. The van der Waals surface area contributed by atoms with Crippen LogP contribution in [-0.4, -0.2) is 18.6 Å². The summed E-state index contributed by atoms with van der Waals surface area (Å²) < 4.78 is 12.1. The van der Waals surface area contributed by atoms with E-state index in [0.29, 0.717) is 12.5 Å².